The minimum Gasteiger partial charge on any atom is -0.389 e. The van der Waals surface area contributed by atoms with Gasteiger partial charge in [0.25, 0.3) is 0 Å². The smallest absolute Gasteiger partial charge is 0.0771 e. The first-order chi connectivity index (χ1) is 8.77. The average molecular weight is 252 g/mol. The molecule has 0 spiro atoms. The lowest BCUT2D eigenvalue weighted by molar-refractivity contribution is -0.0359. The first-order valence-electron chi connectivity index (χ1n) is 7.96. The molecule has 2 aliphatic carbocycles. The number of rotatable bonds is 4. The Morgan fingerprint density at radius 3 is 2.56 bits per heavy atom. The highest BCUT2D eigenvalue weighted by Gasteiger charge is 2.37. The SMILES string of the molecule is OC1(CNC2CCCCC2C2CCCN2)CCC1. The molecular formula is C15H28N2O. The van der Waals surface area contributed by atoms with Crippen LogP contribution in [0.15, 0.2) is 0 Å². The van der Waals surface area contributed by atoms with Gasteiger partial charge in [-0.25, -0.2) is 0 Å². The Morgan fingerprint density at radius 1 is 1.06 bits per heavy atom. The van der Waals surface area contributed by atoms with E-state index in [-0.39, 0.29) is 5.60 Å². The molecule has 0 aromatic carbocycles. The summed E-state index contributed by atoms with van der Waals surface area (Å²) in [6, 6.07) is 1.37. The summed E-state index contributed by atoms with van der Waals surface area (Å²) in [5.41, 5.74) is -0.370. The molecule has 3 rings (SSSR count). The molecule has 3 nitrogen and oxygen atoms in total. The average Bonchev–Trinajstić information content (AvgIpc) is 2.88. The third kappa shape index (κ3) is 2.73. The van der Waals surface area contributed by atoms with Gasteiger partial charge < -0.3 is 15.7 Å². The summed E-state index contributed by atoms with van der Waals surface area (Å²) in [7, 11) is 0. The molecule has 3 unspecified atom stereocenters. The summed E-state index contributed by atoms with van der Waals surface area (Å²) in [5, 5.41) is 17.6. The standard InChI is InChI=1S/C15H28N2O/c18-15(8-4-9-15)11-17-14-6-2-1-5-12(14)13-7-3-10-16-13/h12-14,16-18H,1-11H2. The molecule has 2 saturated carbocycles. The predicted molar refractivity (Wildman–Crippen MR) is 73.6 cm³/mol. The van der Waals surface area contributed by atoms with Crippen molar-refractivity contribution in [3.8, 4) is 0 Å². The van der Waals surface area contributed by atoms with E-state index in [4.69, 9.17) is 0 Å². The van der Waals surface area contributed by atoms with Crippen molar-refractivity contribution in [3.05, 3.63) is 0 Å². The number of hydrogen-bond donors (Lipinski definition) is 3. The van der Waals surface area contributed by atoms with Gasteiger partial charge in [-0.2, -0.15) is 0 Å². The van der Waals surface area contributed by atoms with Gasteiger partial charge in [0.2, 0.25) is 0 Å². The van der Waals surface area contributed by atoms with Crippen LogP contribution in [0.3, 0.4) is 0 Å². The fraction of sp³-hybridized carbons (Fsp3) is 1.00. The van der Waals surface area contributed by atoms with Crippen molar-refractivity contribution >= 4 is 0 Å². The summed E-state index contributed by atoms with van der Waals surface area (Å²) in [6.45, 7) is 2.03. The van der Waals surface area contributed by atoms with Gasteiger partial charge in [-0.3, -0.25) is 0 Å². The number of hydrogen-bond acceptors (Lipinski definition) is 3. The molecule has 3 N–H and O–H groups in total. The summed E-state index contributed by atoms with van der Waals surface area (Å²) in [6.07, 6.45) is 11.3. The van der Waals surface area contributed by atoms with Gasteiger partial charge in [0.1, 0.15) is 0 Å². The van der Waals surface area contributed by atoms with Crippen molar-refractivity contribution in [1.29, 1.82) is 0 Å². The lowest BCUT2D eigenvalue weighted by atomic mass is 9.77. The molecule has 1 aliphatic heterocycles. The van der Waals surface area contributed by atoms with Crippen LogP contribution in [0, 0.1) is 5.92 Å². The van der Waals surface area contributed by atoms with Crippen LogP contribution in [0.4, 0.5) is 0 Å². The van der Waals surface area contributed by atoms with Gasteiger partial charge in [0.05, 0.1) is 5.60 Å². The normalized spacial score (nSPS) is 39.5. The first kappa shape index (κ1) is 12.9. The van der Waals surface area contributed by atoms with Gasteiger partial charge in [-0.1, -0.05) is 12.8 Å². The van der Waals surface area contributed by atoms with E-state index in [9.17, 15) is 5.11 Å². The second kappa shape index (κ2) is 5.48. The van der Waals surface area contributed by atoms with E-state index in [1.165, 1.54) is 51.5 Å². The Kier molecular flexibility index (Phi) is 3.92. The highest BCUT2D eigenvalue weighted by Crippen LogP contribution is 2.33. The zero-order chi connectivity index (χ0) is 12.4. The van der Waals surface area contributed by atoms with Crippen LogP contribution >= 0.6 is 0 Å². The van der Waals surface area contributed by atoms with E-state index in [0.717, 1.165) is 31.3 Å². The molecule has 0 aromatic rings. The van der Waals surface area contributed by atoms with E-state index in [2.05, 4.69) is 10.6 Å². The molecule has 0 radical (unpaired) electrons. The fourth-order valence-corrected chi connectivity index (χ4v) is 4.05. The summed E-state index contributed by atoms with van der Waals surface area (Å²) >= 11 is 0. The van der Waals surface area contributed by atoms with Gasteiger partial charge >= 0.3 is 0 Å². The van der Waals surface area contributed by atoms with Gasteiger partial charge in [0, 0.05) is 18.6 Å². The van der Waals surface area contributed by atoms with Gasteiger partial charge in [-0.15, -0.1) is 0 Å². The molecule has 1 saturated heterocycles. The minimum absolute atomic E-state index is 0.370. The molecule has 1 heterocycles. The molecule has 3 heteroatoms. The van der Waals surface area contributed by atoms with Gasteiger partial charge in [-0.05, 0) is 57.4 Å². The van der Waals surface area contributed by atoms with Crippen LogP contribution in [0.1, 0.15) is 57.8 Å². The van der Waals surface area contributed by atoms with Crippen molar-refractivity contribution in [3.63, 3.8) is 0 Å². The molecule has 104 valence electrons. The Labute approximate surface area is 111 Å². The summed E-state index contributed by atoms with van der Waals surface area (Å²) in [5.74, 6) is 0.796. The second-order valence-electron chi connectivity index (χ2n) is 6.72. The summed E-state index contributed by atoms with van der Waals surface area (Å²) in [4.78, 5) is 0. The molecule has 3 atom stereocenters. The summed E-state index contributed by atoms with van der Waals surface area (Å²) < 4.78 is 0. The van der Waals surface area contributed by atoms with Crippen molar-refractivity contribution < 1.29 is 5.11 Å². The monoisotopic (exact) mass is 252 g/mol. The van der Waals surface area contributed by atoms with E-state index < -0.39 is 0 Å². The largest absolute Gasteiger partial charge is 0.389 e. The third-order valence-electron chi connectivity index (χ3n) is 5.41. The van der Waals surface area contributed by atoms with Crippen LogP contribution in [0.5, 0.6) is 0 Å². The molecule has 3 fully saturated rings. The van der Waals surface area contributed by atoms with Crippen LogP contribution in [-0.2, 0) is 0 Å². The maximum Gasteiger partial charge on any atom is 0.0771 e. The van der Waals surface area contributed by atoms with Crippen molar-refractivity contribution in [2.24, 2.45) is 5.92 Å². The Bertz CT molecular complexity index is 272. The van der Waals surface area contributed by atoms with Crippen LogP contribution in [0.25, 0.3) is 0 Å². The van der Waals surface area contributed by atoms with E-state index >= 15 is 0 Å². The zero-order valence-corrected chi connectivity index (χ0v) is 11.5. The maximum absolute atomic E-state index is 10.2. The molecule has 3 aliphatic rings. The molecular weight excluding hydrogens is 224 g/mol. The first-order valence-corrected chi connectivity index (χ1v) is 7.96. The number of nitrogens with one attached hydrogen (secondary N) is 2. The Hall–Kier alpha value is -0.120. The van der Waals surface area contributed by atoms with Crippen LogP contribution < -0.4 is 10.6 Å². The van der Waals surface area contributed by atoms with E-state index in [1.807, 2.05) is 0 Å². The van der Waals surface area contributed by atoms with E-state index in [1.54, 1.807) is 0 Å². The zero-order valence-electron chi connectivity index (χ0n) is 11.5. The third-order valence-corrected chi connectivity index (χ3v) is 5.41. The molecule has 0 bridgehead atoms. The highest BCUT2D eigenvalue weighted by molar-refractivity contribution is 4.95. The highest BCUT2D eigenvalue weighted by atomic mass is 16.3. The number of aliphatic hydroxyl groups is 1. The maximum atomic E-state index is 10.2. The quantitative estimate of drug-likeness (QED) is 0.715. The predicted octanol–water partition coefficient (Wildman–Crippen LogP) is 1.80. The van der Waals surface area contributed by atoms with Crippen LogP contribution in [-0.4, -0.2) is 35.9 Å². The van der Waals surface area contributed by atoms with Crippen LogP contribution in [0.2, 0.25) is 0 Å². The second-order valence-corrected chi connectivity index (χ2v) is 6.72. The Balaban J connectivity index is 1.53. The molecule has 0 amide bonds. The Morgan fingerprint density at radius 2 is 1.89 bits per heavy atom. The lowest BCUT2D eigenvalue weighted by Crippen LogP contribution is -2.53. The molecule has 18 heavy (non-hydrogen) atoms. The minimum atomic E-state index is -0.370. The van der Waals surface area contributed by atoms with E-state index in [0.29, 0.717) is 6.04 Å². The topological polar surface area (TPSA) is 44.3 Å². The molecule has 0 aromatic heterocycles. The van der Waals surface area contributed by atoms with Crippen molar-refractivity contribution in [2.75, 3.05) is 13.1 Å². The van der Waals surface area contributed by atoms with Crippen molar-refractivity contribution in [2.45, 2.75) is 75.5 Å². The van der Waals surface area contributed by atoms with Gasteiger partial charge in [0.15, 0.2) is 0 Å². The fourth-order valence-electron chi connectivity index (χ4n) is 4.05. The lowest BCUT2D eigenvalue weighted by Gasteiger charge is -2.41. The van der Waals surface area contributed by atoms with Crippen molar-refractivity contribution in [1.82, 2.24) is 10.6 Å².